The van der Waals surface area contributed by atoms with Crippen LogP contribution in [-0.2, 0) is 10.0 Å². The minimum absolute atomic E-state index is 0.00755. The van der Waals surface area contributed by atoms with Crippen LogP contribution in [0.15, 0.2) is 0 Å². The van der Waals surface area contributed by atoms with Gasteiger partial charge in [0.25, 0.3) is 0 Å². The smallest absolute Gasteiger partial charge is 0.218 e. The Morgan fingerprint density at radius 1 is 1.53 bits per heavy atom. The van der Waals surface area contributed by atoms with E-state index in [4.69, 9.17) is 5.73 Å². The first-order chi connectivity index (χ1) is 6.91. The average molecular weight is 250 g/mol. The summed E-state index contributed by atoms with van der Waals surface area (Å²) in [7, 11) is -3.33. The highest BCUT2D eigenvalue weighted by atomic mass is 32.2. The number of nitrogens with two attached hydrogens (primary N) is 1. The van der Waals surface area contributed by atoms with Gasteiger partial charge < -0.3 is 5.73 Å². The molecule has 1 saturated carbocycles. The van der Waals surface area contributed by atoms with Crippen LogP contribution in [-0.4, -0.2) is 25.2 Å². The molecule has 15 heavy (non-hydrogen) atoms. The molecule has 0 aromatic heterocycles. The van der Waals surface area contributed by atoms with Gasteiger partial charge in [-0.15, -0.1) is 0 Å². The van der Waals surface area contributed by atoms with Gasteiger partial charge in [0, 0.05) is 6.04 Å². The molecule has 0 saturated heterocycles. The summed E-state index contributed by atoms with van der Waals surface area (Å²) in [5, 5.41) is 0. The highest BCUT2D eigenvalue weighted by Gasteiger charge is 2.25. The van der Waals surface area contributed by atoms with Crippen molar-refractivity contribution in [2.24, 2.45) is 11.7 Å². The lowest BCUT2D eigenvalue weighted by molar-refractivity contribution is 0.424. The molecular weight excluding hydrogens is 232 g/mol. The largest absolute Gasteiger partial charge is 0.392 e. The first kappa shape index (κ1) is 12.9. The molecule has 6 heteroatoms. The van der Waals surface area contributed by atoms with Gasteiger partial charge in [0.05, 0.1) is 4.99 Å². The summed E-state index contributed by atoms with van der Waals surface area (Å²) < 4.78 is 25.7. The Bertz CT molecular complexity index is 321. The molecule has 0 amide bonds. The number of thiocarbonyl (C=S) groups is 1. The molecule has 1 rings (SSSR count). The lowest BCUT2D eigenvalue weighted by atomic mass is 10.0. The average Bonchev–Trinajstić information content (AvgIpc) is 2.50. The second kappa shape index (κ2) is 5.23. The summed E-state index contributed by atoms with van der Waals surface area (Å²) in [4.78, 5) is 0.0149. The van der Waals surface area contributed by atoms with Crippen molar-refractivity contribution in [2.45, 2.75) is 38.6 Å². The molecule has 1 atom stereocenters. The van der Waals surface area contributed by atoms with Crippen LogP contribution in [0, 0.1) is 5.92 Å². The maximum atomic E-state index is 11.5. The summed E-state index contributed by atoms with van der Waals surface area (Å²) in [5.41, 5.74) is 5.22. The second-order valence-corrected chi connectivity index (χ2v) is 6.45. The van der Waals surface area contributed by atoms with Gasteiger partial charge in [0.2, 0.25) is 10.0 Å². The van der Waals surface area contributed by atoms with Crippen LogP contribution in [0.5, 0.6) is 0 Å². The van der Waals surface area contributed by atoms with Crippen LogP contribution in [0.1, 0.15) is 32.6 Å². The molecule has 0 heterocycles. The van der Waals surface area contributed by atoms with E-state index < -0.39 is 10.0 Å². The standard InChI is InChI=1S/C9H18N2O2S2/c1-7(8-4-2-3-5-8)11-15(12,13)6-9(10)14/h7-8,11H,2-6H2,1H3,(H2,10,14). The van der Waals surface area contributed by atoms with Crippen molar-refractivity contribution in [3.8, 4) is 0 Å². The third kappa shape index (κ3) is 4.44. The maximum Gasteiger partial charge on any atom is 0.218 e. The first-order valence-corrected chi connectivity index (χ1v) is 7.25. The molecule has 1 fully saturated rings. The molecule has 3 N–H and O–H groups in total. The van der Waals surface area contributed by atoms with E-state index in [1.165, 1.54) is 12.8 Å². The van der Waals surface area contributed by atoms with Crippen molar-refractivity contribution in [1.82, 2.24) is 4.72 Å². The predicted molar refractivity (Wildman–Crippen MR) is 65.1 cm³/mol. The monoisotopic (exact) mass is 250 g/mol. The van der Waals surface area contributed by atoms with Gasteiger partial charge in [-0.05, 0) is 25.7 Å². The normalized spacial score (nSPS) is 20.3. The highest BCUT2D eigenvalue weighted by molar-refractivity contribution is 7.92. The van der Waals surface area contributed by atoms with Gasteiger partial charge in [-0.25, -0.2) is 13.1 Å². The van der Waals surface area contributed by atoms with E-state index in [1.807, 2.05) is 6.92 Å². The van der Waals surface area contributed by atoms with Gasteiger partial charge in [-0.2, -0.15) is 0 Å². The zero-order chi connectivity index (χ0) is 11.5. The fraction of sp³-hybridized carbons (Fsp3) is 0.889. The van der Waals surface area contributed by atoms with Crippen LogP contribution in [0.3, 0.4) is 0 Å². The van der Waals surface area contributed by atoms with Crippen LogP contribution < -0.4 is 10.5 Å². The summed E-state index contributed by atoms with van der Waals surface area (Å²) in [5.74, 6) is 0.213. The fourth-order valence-corrected chi connectivity index (χ4v) is 3.75. The van der Waals surface area contributed by atoms with Crippen LogP contribution >= 0.6 is 12.2 Å². The van der Waals surface area contributed by atoms with Crippen LogP contribution in [0.4, 0.5) is 0 Å². The Balaban J connectivity index is 2.49. The summed E-state index contributed by atoms with van der Waals surface area (Å²) >= 11 is 4.59. The SMILES string of the molecule is CC(NS(=O)(=O)CC(N)=S)C1CCCC1. The van der Waals surface area contributed by atoms with Gasteiger partial charge >= 0.3 is 0 Å². The Kier molecular flexibility index (Phi) is 4.48. The molecule has 0 spiro atoms. The second-order valence-electron chi connectivity index (χ2n) is 4.18. The van der Waals surface area contributed by atoms with Crippen molar-refractivity contribution in [3.05, 3.63) is 0 Å². The predicted octanol–water partition coefficient (Wildman–Crippen LogP) is 0.771. The zero-order valence-electron chi connectivity index (χ0n) is 8.90. The Hall–Kier alpha value is -0.200. The molecule has 0 bridgehead atoms. The van der Waals surface area contributed by atoms with E-state index in [1.54, 1.807) is 0 Å². The molecular formula is C9H18N2O2S2. The van der Waals surface area contributed by atoms with E-state index in [0.29, 0.717) is 5.92 Å². The summed E-state index contributed by atoms with van der Waals surface area (Å²) in [6.07, 6.45) is 4.62. The topological polar surface area (TPSA) is 72.2 Å². The lowest BCUT2D eigenvalue weighted by Crippen LogP contribution is -2.40. The number of hydrogen-bond donors (Lipinski definition) is 2. The van der Waals surface area contributed by atoms with E-state index in [2.05, 4.69) is 16.9 Å². The molecule has 0 radical (unpaired) electrons. The number of sulfonamides is 1. The van der Waals surface area contributed by atoms with Crippen molar-refractivity contribution >= 4 is 27.2 Å². The van der Waals surface area contributed by atoms with E-state index in [-0.39, 0.29) is 16.8 Å². The number of nitrogens with one attached hydrogen (secondary N) is 1. The molecule has 0 aromatic carbocycles. The first-order valence-electron chi connectivity index (χ1n) is 5.19. The minimum Gasteiger partial charge on any atom is -0.392 e. The Labute approximate surface area is 96.7 Å². The van der Waals surface area contributed by atoms with Gasteiger partial charge in [0.15, 0.2) is 0 Å². The molecule has 0 aliphatic heterocycles. The van der Waals surface area contributed by atoms with Gasteiger partial charge in [-0.3, -0.25) is 0 Å². The molecule has 0 aromatic rings. The van der Waals surface area contributed by atoms with E-state index in [0.717, 1.165) is 12.8 Å². The highest BCUT2D eigenvalue weighted by Crippen LogP contribution is 2.27. The third-order valence-electron chi connectivity index (χ3n) is 2.80. The van der Waals surface area contributed by atoms with Crippen molar-refractivity contribution < 1.29 is 8.42 Å². The Morgan fingerprint density at radius 3 is 2.53 bits per heavy atom. The maximum absolute atomic E-state index is 11.5. The number of rotatable bonds is 5. The van der Waals surface area contributed by atoms with E-state index in [9.17, 15) is 8.42 Å². The Morgan fingerprint density at radius 2 is 2.07 bits per heavy atom. The van der Waals surface area contributed by atoms with E-state index >= 15 is 0 Å². The lowest BCUT2D eigenvalue weighted by Gasteiger charge is -2.19. The van der Waals surface area contributed by atoms with Crippen LogP contribution in [0.25, 0.3) is 0 Å². The third-order valence-corrected chi connectivity index (χ3v) is 4.55. The molecule has 1 unspecified atom stereocenters. The number of hydrogen-bond acceptors (Lipinski definition) is 3. The van der Waals surface area contributed by atoms with Crippen LogP contribution in [0.2, 0.25) is 0 Å². The molecule has 4 nitrogen and oxygen atoms in total. The zero-order valence-corrected chi connectivity index (χ0v) is 10.5. The fourth-order valence-electron chi connectivity index (χ4n) is 2.07. The quantitative estimate of drug-likeness (QED) is 0.707. The summed E-state index contributed by atoms with van der Waals surface area (Å²) in [6, 6.07) is -0.00755. The van der Waals surface area contributed by atoms with Gasteiger partial charge in [0.1, 0.15) is 5.75 Å². The van der Waals surface area contributed by atoms with Crippen molar-refractivity contribution in [3.63, 3.8) is 0 Å². The summed E-state index contributed by atoms with van der Waals surface area (Å²) in [6.45, 7) is 1.91. The molecule has 88 valence electrons. The van der Waals surface area contributed by atoms with Crippen molar-refractivity contribution in [1.29, 1.82) is 0 Å². The molecule has 1 aliphatic rings. The van der Waals surface area contributed by atoms with Gasteiger partial charge in [-0.1, -0.05) is 25.1 Å². The van der Waals surface area contributed by atoms with Crippen molar-refractivity contribution in [2.75, 3.05) is 5.75 Å². The molecule has 1 aliphatic carbocycles. The minimum atomic E-state index is -3.33.